The van der Waals surface area contributed by atoms with Crippen molar-refractivity contribution in [3.8, 4) is 11.5 Å². The summed E-state index contributed by atoms with van der Waals surface area (Å²) in [7, 11) is 1.30. The van der Waals surface area contributed by atoms with Crippen LogP contribution in [0.15, 0.2) is 30.5 Å². The van der Waals surface area contributed by atoms with Gasteiger partial charge in [0, 0.05) is 13.1 Å². The summed E-state index contributed by atoms with van der Waals surface area (Å²) >= 11 is 0. The zero-order chi connectivity index (χ0) is 18.8. The normalized spacial score (nSPS) is 21.6. The number of piperidine rings is 1. The number of hydrogen-bond acceptors (Lipinski definition) is 7. The Bertz CT molecular complexity index is 852. The maximum Gasteiger partial charge on any atom is 0.360 e. The molecule has 27 heavy (non-hydrogen) atoms. The number of carbonyl (C=O) groups is 2. The fourth-order valence-electron chi connectivity index (χ4n) is 3.37. The molecule has 0 aliphatic carbocycles. The maximum atomic E-state index is 12.9. The Morgan fingerprint density at radius 3 is 2.89 bits per heavy atom. The highest BCUT2D eigenvalue weighted by Crippen LogP contribution is 2.32. The van der Waals surface area contributed by atoms with Crippen molar-refractivity contribution in [3.63, 3.8) is 0 Å². The Kier molecular flexibility index (Phi) is 4.66. The molecule has 0 spiro atoms. The molecule has 4 rings (SSSR count). The van der Waals surface area contributed by atoms with Crippen LogP contribution in [0, 0.1) is 0 Å². The van der Waals surface area contributed by atoms with Crippen molar-refractivity contribution in [1.29, 1.82) is 0 Å². The van der Waals surface area contributed by atoms with Gasteiger partial charge in [-0.1, -0.05) is 17.3 Å². The summed E-state index contributed by atoms with van der Waals surface area (Å²) in [6.45, 7) is 1.31. The summed E-state index contributed by atoms with van der Waals surface area (Å²) in [5, 5.41) is 7.85. The van der Waals surface area contributed by atoms with E-state index in [4.69, 9.17) is 9.47 Å². The number of methoxy groups -OCH3 is 1. The first kappa shape index (κ1) is 17.3. The molecule has 0 saturated carbocycles. The number of rotatable bonds is 3. The molecule has 0 radical (unpaired) electrons. The molecular weight excluding hydrogens is 352 g/mol. The fraction of sp³-hybridized carbons (Fsp3) is 0.444. The van der Waals surface area contributed by atoms with Gasteiger partial charge in [-0.15, -0.1) is 5.10 Å². The zero-order valence-corrected chi connectivity index (χ0v) is 14.9. The first-order chi connectivity index (χ1) is 13.2. The minimum atomic E-state index is -0.667. The van der Waals surface area contributed by atoms with Crippen LogP contribution in [0.25, 0.3) is 0 Å². The first-order valence-electron chi connectivity index (χ1n) is 8.83. The number of amides is 1. The van der Waals surface area contributed by atoms with E-state index < -0.39 is 12.1 Å². The molecule has 9 heteroatoms. The van der Waals surface area contributed by atoms with E-state index in [1.807, 2.05) is 18.2 Å². The molecule has 0 bridgehead atoms. The molecule has 2 aliphatic heterocycles. The molecule has 0 N–H and O–H groups in total. The fourth-order valence-corrected chi connectivity index (χ4v) is 3.37. The molecule has 0 unspecified atom stereocenters. The standard InChI is InChI=1S/C18H20N4O5/c1-25-18(24)13-10-22(20-19-13)12-5-4-8-21(9-12)17(23)16-11-26-14-6-2-3-7-15(14)27-16/h2-3,6-7,10,12,16H,4-5,8-9,11H2,1H3/t12-,16-/m0/s1. The van der Waals surface area contributed by atoms with Gasteiger partial charge >= 0.3 is 5.97 Å². The highest BCUT2D eigenvalue weighted by molar-refractivity contribution is 5.86. The molecule has 2 atom stereocenters. The molecular formula is C18H20N4O5. The number of aromatic nitrogens is 3. The number of para-hydroxylation sites is 2. The van der Waals surface area contributed by atoms with Crippen LogP contribution in [0.4, 0.5) is 0 Å². The summed E-state index contributed by atoms with van der Waals surface area (Å²) in [4.78, 5) is 26.2. The predicted molar refractivity (Wildman–Crippen MR) is 92.6 cm³/mol. The second kappa shape index (κ2) is 7.26. The topological polar surface area (TPSA) is 95.8 Å². The van der Waals surface area contributed by atoms with Crippen molar-refractivity contribution >= 4 is 11.9 Å². The van der Waals surface area contributed by atoms with Crippen molar-refractivity contribution < 1.29 is 23.8 Å². The molecule has 9 nitrogen and oxygen atoms in total. The van der Waals surface area contributed by atoms with Gasteiger partial charge in [-0.25, -0.2) is 9.48 Å². The predicted octanol–water partition coefficient (Wildman–Crippen LogP) is 1.07. The zero-order valence-electron chi connectivity index (χ0n) is 14.9. The largest absolute Gasteiger partial charge is 0.485 e. The van der Waals surface area contributed by atoms with Crippen LogP contribution in [0.5, 0.6) is 11.5 Å². The smallest absolute Gasteiger partial charge is 0.360 e. The Morgan fingerprint density at radius 2 is 2.07 bits per heavy atom. The van der Waals surface area contributed by atoms with Crippen LogP contribution < -0.4 is 9.47 Å². The molecule has 142 valence electrons. The Balaban J connectivity index is 1.43. The van der Waals surface area contributed by atoms with Crippen molar-refractivity contribution in [2.75, 3.05) is 26.8 Å². The van der Waals surface area contributed by atoms with Crippen LogP contribution in [0.1, 0.15) is 29.4 Å². The molecule has 2 aromatic rings. The van der Waals surface area contributed by atoms with E-state index >= 15 is 0 Å². The summed E-state index contributed by atoms with van der Waals surface area (Å²) in [5.74, 6) is 0.588. The third kappa shape index (κ3) is 3.44. The number of esters is 1. The molecule has 1 aromatic carbocycles. The second-order valence-corrected chi connectivity index (χ2v) is 6.52. The number of likely N-dealkylation sites (tertiary alicyclic amines) is 1. The van der Waals surface area contributed by atoms with Crippen LogP contribution in [-0.2, 0) is 9.53 Å². The van der Waals surface area contributed by atoms with E-state index in [9.17, 15) is 9.59 Å². The number of carbonyl (C=O) groups excluding carboxylic acids is 2. The van der Waals surface area contributed by atoms with Gasteiger partial charge in [0.25, 0.3) is 5.91 Å². The van der Waals surface area contributed by atoms with Gasteiger partial charge in [0.2, 0.25) is 6.10 Å². The van der Waals surface area contributed by atoms with Crippen LogP contribution in [-0.4, -0.2) is 64.7 Å². The molecule has 1 amide bonds. The van der Waals surface area contributed by atoms with Gasteiger partial charge in [0.1, 0.15) is 6.61 Å². The molecule has 1 aromatic heterocycles. The van der Waals surface area contributed by atoms with E-state index in [1.54, 1.807) is 21.8 Å². The number of fused-ring (bicyclic) bond motifs is 1. The molecule has 1 fully saturated rings. The first-order valence-corrected chi connectivity index (χ1v) is 8.83. The van der Waals surface area contributed by atoms with Gasteiger partial charge in [0.15, 0.2) is 17.2 Å². The van der Waals surface area contributed by atoms with E-state index in [2.05, 4.69) is 15.0 Å². The summed E-state index contributed by atoms with van der Waals surface area (Å²) in [5.41, 5.74) is 0.154. The van der Waals surface area contributed by atoms with Gasteiger partial charge in [-0.3, -0.25) is 4.79 Å². The lowest BCUT2D eigenvalue weighted by Crippen LogP contribution is -2.50. The van der Waals surface area contributed by atoms with E-state index in [0.29, 0.717) is 24.6 Å². The number of ether oxygens (including phenoxy) is 3. The Hall–Kier alpha value is -3.10. The number of benzene rings is 1. The van der Waals surface area contributed by atoms with Gasteiger partial charge in [0.05, 0.1) is 19.3 Å². The number of hydrogen-bond donors (Lipinski definition) is 0. The van der Waals surface area contributed by atoms with Gasteiger partial charge in [-0.05, 0) is 25.0 Å². The van der Waals surface area contributed by atoms with E-state index in [0.717, 1.165) is 12.8 Å². The summed E-state index contributed by atoms with van der Waals surface area (Å²) in [6.07, 6.45) is 2.56. The van der Waals surface area contributed by atoms with Crippen LogP contribution in [0.2, 0.25) is 0 Å². The third-order valence-electron chi connectivity index (χ3n) is 4.77. The van der Waals surface area contributed by atoms with Crippen molar-refractivity contribution in [2.45, 2.75) is 25.0 Å². The maximum absolute atomic E-state index is 12.9. The van der Waals surface area contributed by atoms with E-state index in [1.165, 1.54) is 7.11 Å². The monoisotopic (exact) mass is 372 g/mol. The SMILES string of the molecule is COC(=O)c1cn([C@H]2CCCN(C(=O)[C@@H]3COc4ccccc4O3)C2)nn1. The van der Waals surface area contributed by atoms with Crippen molar-refractivity contribution in [3.05, 3.63) is 36.2 Å². The summed E-state index contributed by atoms with van der Waals surface area (Å²) < 4.78 is 17.8. The third-order valence-corrected chi connectivity index (χ3v) is 4.77. The quantitative estimate of drug-likeness (QED) is 0.744. The van der Waals surface area contributed by atoms with Crippen LogP contribution in [0.3, 0.4) is 0 Å². The molecule has 2 aliphatic rings. The highest BCUT2D eigenvalue weighted by atomic mass is 16.6. The average Bonchev–Trinajstić information content (AvgIpc) is 3.23. The van der Waals surface area contributed by atoms with Crippen molar-refractivity contribution in [1.82, 2.24) is 19.9 Å². The molecule has 3 heterocycles. The second-order valence-electron chi connectivity index (χ2n) is 6.52. The van der Waals surface area contributed by atoms with Crippen LogP contribution >= 0.6 is 0 Å². The number of nitrogens with zero attached hydrogens (tertiary/aromatic N) is 4. The van der Waals surface area contributed by atoms with Crippen molar-refractivity contribution in [2.24, 2.45) is 0 Å². The minimum absolute atomic E-state index is 0.0506. The lowest BCUT2D eigenvalue weighted by molar-refractivity contribution is -0.143. The average molecular weight is 372 g/mol. The summed E-state index contributed by atoms with van der Waals surface area (Å²) in [6, 6.07) is 7.26. The Labute approximate surface area is 155 Å². The minimum Gasteiger partial charge on any atom is -0.485 e. The lowest BCUT2D eigenvalue weighted by Gasteiger charge is -2.35. The van der Waals surface area contributed by atoms with E-state index in [-0.39, 0.29) is 24.2 Å². The lowest BCUT2D eigenvalue weighted by atomic mass is 10.1. The highest BCUT2D eigenvalue weighted by Gasteiger charge is 2.34. The molecule has 1 saturated heterocycles. The van der Waals surface area contributed by atoms with Gasteiger partial charge in [-0.2, -0.15) is 0 Å². The Morgan fingerprint density at radius 1 is 1.26 bits per heavy atom. The van der Waals surface area contributed by atoms with Gasteiger partial charge < -0.3 is 19.1 Å².